The molecule has 344 valence electrons. The number of carboxylic acid groups (broad SMARTS) is 2. The van der Waals surface area contributed by atoms with Crippen LogP contribution in [0.4, 0.5) is 0 Å². The Hall–Kier alpha value is -2.20. The van der Waals surface area contributed by atoms with Crippen LogP contribution >= 0.6 is 0 Å². The zero-order chi connectivity index (χ0) is 44.2. The van der Waals surface area contributed by atoms with E-state index >= 15 is 0 Å². The lowest BCUT2D eigenvalue weighted by molar-refractivity contribution is -0.176. The highest BCUT2D eigenvalue weighted by Gasteiger charge is 2.49. The van der Waals surface area contributed by atoms with E-state index in [-0.39, 0.29) is 25.0 Å². The van der Waals surface area contributed by atoms with E-state index in [1.165, 1.54) is 25.7 Å². The Kier molecular flexibility index (Phi) is 36.6. The molecule has 0 heterocycles. The number of unbranched alkanes of at least 4 members (excludes halogenated alkanes) is 20. The first kappa shape index (κ1) is 57.9. The molecule has 0 aromatic rings. The summed E-state index contributed by atoms with van der Waals surface area (Å²) in [5, 5.41) is 41.5. The summed E-state index contributed by atoms with van der Waals surface area (Å²) >= 11 is 0. The number of aliphatic hydroxyl groups excluding tert-OH is 2. The molecular formula is C48H92O10. The topological polar surface area (TPSA) is 168 Å². The molecule has 0 aromatic heterocycles. The van der Waals surface area contributed by atoms with Crippen molar-refractivity contribution >= 4 is 23.9 Å². The zero-order valence-corrected chi connectivity index (χ0v) is 38.8. The highest BCUT2D eigenvalue weighted by molar-refractivity contribution is 5.86. The van der Waals surface area contributed by atoms with Crippen molar-refractivity contribution in [1.82, 2.24) is 0 Å². The first-order valence-electron chi connectivity index (χ1n) is 23.8. The van der Waals surface area contributed by atoms with Crippen LogP contribution < -0.4 is 0 Å². The van der Waals surface area contributed by atoms with Gasteiger partial charge in [0.25, 0.3) is 0 Å². The van der Waals surface area contributed by atoms with E-state index in [1.807, 2.05) is 27.7 Å². The summed E-state index contributed by atoms with van der Waals surface area (Å²) in [5.74, 6) is -3.46. The Balaban J connectivity index is 0. The predicted molar refractivity (Wildman–Crippen MR) is 236 cm³/mol. The van der Waals surface area contributed by atoms with Gasteiger partial charge in [0.15, 0.2) is 12.2 Å². The number of ether oxygens (including phenoxy) is 2. The second-order valence-electron chi connectivity index (χ2n) is 17.8. The van der Waals surface area contributed by atoms with Gasteiger partial charge in [-0.05, 0) is 37.5 Å². The van der Waals surface area contributed by atoms with Crippen LogP contribution in [0.25, 0.3) is 0 Å². The van der Waals surface area contributed by atoms with E-state index in [0.29, 0.717) is 51.4 Å². The number of aliphatic carboxylic acids is 2. The predicted octanol–water partition coefficient (Wildman–Crippen LogP) is 12.2. The molecule has 0 spiro atoms. The van der Waals surface area contributed by atoms with Crippen LogP contribution in [0.1, 0.15) is 235 Å². The van der Waals surface area contributed by atoms with E-state index < -0.39 is 46.9 Å². The summed E-state index contributed by atoms with van der Waals surface area (Å²) in [6.45, 7) is 16.7. The molecule has 0 rings (SSSR count). The molecule has 2 unspecified atom stereocenters. The highest BCUT2D eigenvalue weighted by Crippen LogP contribution is 2.38. The van der Waals surface area contributed by atoms with Gasteiger partial charge in [-0.15, -0.1) is 0 Å². The number of hydrogen-bond donors (Lipinski definition) is 4. The maximum Gasteiger partial charge on any atom is 0.336 e. The number of esters is 2. The molecule has 0 aliphatic heterocycles. The summed E-state index contributed by atoms with van der Waals surface area (Å²) in [6.07, 6.45) is 22.9. The minimum absolute atomic E-state index is 0.141. The van der Waals surface area contributed by atoms with E-state index in [4.69, 9.17) is 9.47 Å². The molecular weight excluding hydrogens is 737 g/mol. The molecule has 10 nitrogen and oxygen atoms in total. The fourth-order valence-corrected chi connectivity index (χ4v) is 7.45. The normalized spacial score (nSPS) is 12.9. The third-order valence-electron chi connectivity index (χ3n) is 11.4. The van der Waals surface area contributed by atoms with Crippen molar-refractivity contribution in [2.24, 2.45) is 22.7 Å². The second kappa shape index (κ2) is 36.6. The van der Waals surface area contributed by atoms with Gasteiger partial charge in [0.05, 0.1) is 13.2 Å². The fourth-order valence-electron chi connectivity index (χ4n) is 7.45. The van der Waals surface area contributed by atoms with Crippen molar-refractivity contribution in [3.63, 3.8) is 0 Å². The lowest BCUT2D eigenvalue weighted by atomic mass is 9.73. The van der Waals surface area contributed by atoms with Crippen LogP contribution in [-0.2, 0) is 28.7 Å². The summed E-state index contributed by atoms with van der Waals surface area (Å²) in [4.78, 5) is 49.4. The maximum atomic E-state index is 12.4. The van der Waals surface area contributed by atoms with Crippen molar-refractivity contribution in [1.29, 1.82) is 0 Å². The van der Waals surface area contributed by atoms with Crippen LogP contribution in [0.2, 0.25) is 0 Å². The molecule has 0 aliphatic rings. The standard InChI is InChI=1S/2C24H46O5/c2*1-5-7-9-11-13-15-17-24(23(27)28,18-16-14-12-10-8-6-2)21(25)22(26)29-19-20(3)4/h2*20-21,25H,5-19H2,1-4H3,(H,27,28). The Bertz CT molecular complexity index is 914. The van der Waals surface area contributed by atoms with Gasteiger partial charge in [0, 0.05) is 0 Å². The summed E-state index contributed by atoms with van der Waals surface area (Å²) < 4.78 is 10.4. The van der Waals surface area contributed by atoms with Gasteiger partial charge in [-0.2, -0.15) is 0 Å². The molecule has 2 atom stereocenters. The van der Waals surface area contributed by atoms with Gasteiger partial charge in [-0.1, -0.05) is 209 Å². The number of aliphatic hydroxyl groups is 2. The van der Waals surface area contributed by atoms with Crippen molar-refractivity contribution in [3.05, 3.63) is 0 Å². The van der Waals surface area contributed by atoms with Crippen LogP contribution in [0, 0.1) is 22.7 Å². The summed E-state index contributed by atoms with van der Waals surface area (Å²) in [6, 6.07) is 0. The molecule has 0 fully saturated rings. The number of carboxylic acids is 2. The van der Waals surface area contributed by atoms with Gasteiger partial charge in [0.2, 0.25) is 0 Å². The average molecular weight is 829 g/mol. The fraction of sp³-hybridized carbons (Fsp3) is 0.917. The van der Waals surface area contributed by atoms with Crippen LogP contribution in [-0.4, -0.2) is 69.7 Å². The third-order valence-corrected chi connectivity index (χ3v) is 11.4. The van der Waals surface area contributed by atoms with E-state index in [1.54, 1.807) is 0 Å². The highest BCUT2D eigenvalue weighted by atomic mass is 16.6. The zero-order valence-electron chi connectivity index (χ0n) is 38.8. The monoisotopic (exact) mass is 829 g/mol. The van der Waals surface area contributed by atoms with Crippen molar-refractivity contribution < 1.29 is 49.1 Å². The molecule has 0 amide bonds. The molecule has 10 heteroatoms. The molecule has 0 bridgehead atoms. The Morgan fingerprint density at radius 2 is 0.603 bits per heavy atom. The van der Waals surface area contributed by atoms with Crippen molar-refractivity contribution in [2.45, 2.75) is 247 Å². The molecule has 4 N–H and O–H groups in total. The molecule has 58 heavy (non-hydrogen) atoms. The van der Waals surface area contributed by atoms with Gasteiger partial charge >= 0.3 is 23.9 Å². The van der Waals surface area contributed by atoms with Gasteiger partial charge < -0.3 is 29.9 Å². The molecule has 0 saturated carbocycles. The SMILES string of the molecule is CCCCCCCCC(CCCCCCCC)(C(=O)O)C(O)C(=O)OCC(C)C.CCCCCCCCC(CCCCCCCC)(C(=O)O)C(O)C(=O)OCC(C)C. The minimum Gasteiger partial charge on any atom is -0.481 e. The molecule has 0 saturated heterocycles. The molecule has 0 aliphatic carbocycles. The number of rotatable bonds is 38. The van der Waals surface area contributed by atoms with E-state index in [9.17, 15) is 39.6 Å². The van der Waals surface area contributed by atoms with Crippen molar-refractivity contribution in [2.75, 3.05) is 13.2 Å². The van der Waals surface area contributed by atoms with E-state index in [2.05, 4.69) is 27.7 Å². The first-order chi connectivity index (χ1) is 27.6. The quantitative estimate of drug-likeness (QED) is 0.0347. The van der Waals surface area contributed by atoms with Crippen LogP contribution in [0.15, 0.2) is 0 Å². The number of carbonyl (C=O) groups is 4. The number of carbonyl (C=O) groups excluding carboxylic acids is 2. The average Bonchev–Trinajstić information content (AvgIpc) is 3.19. The smallest absolute Gasteiger partial charge is 0.336 e. The largest absolute Gasteiger partial charge is 0.481 e. The maximum absolute atomic E-state index is 12.4. The third kappa shape index (κ3) is 26.1. The number of hydrogen-bond acceptors (Lipinski definition) is 8. The first-order valence-corrected chi connectivity index (χ1v) is 23.8. The van der Waals surface area contributed by atoms with Crippen molar-refractivity contribution in [3.8, 4) is 0 Å². The second-order valence-corrected chi connectivity index (χ2v) is 17.8. The Labute approximate surface area is 355 Å². The minimum atomic E-state index is -1.61. The van der Waals surface area contributed by atoms with Gasteiger partial charge in [-0.25, -0.2) is 9.59 Å². The van der Waals surface area contributed by atoms with Gasteiger partial charge in [0.1, 0.15) is 10.8 Å². The van der Waals surface area contributed by atoms with E-state index in [0.717, 1.165) is 103 Å². The summed E-state index contributed by atoms with van der Waals surface area (Å²) in [7, 11) is 0. The lowest BCUT2D eigenvalue weighted by Gasteiger charge is -2.33. The molecule has 0 radical (unpaired) electrons. The van der Waals surface area contributed by atoms with Crippen LogP contribution in [0.5, 0.6) is 0 Å². The van der Waals surface area contributed by atoms with Gasteiger partial charge in [-0.3, -0.25) is 9.59 Å². The van der Waals surface area contributed by atoms with Crippen LogP contribution in [0.3, 0.4) is 0 Å². The lowest BCUT2D eigenvalue weighted by Crippen LogP contribution is -2.48. The Morgan fingerprint density at radius 1 is 0.397 bits per heavy atom. The Morgan fingerprint density at radius 3 is 0.793 bits per heavy atom. The summed E-state index contributed by atoms with van der Waals surface area (Å²) in [5.41, 5.74) is -2.88. The molecule has 0 aromatic carbocycles.